The lowest BCUT2D eigenvalue weighted by atomic mass is 10.1. The number of nitrogens with two attached hydrogens (primary N) is 1. The summed E-state index contributed by atoms with van der Waals surface area (Å²) in [6, 6.07) is 4.60. The lowest BCUT2D eigenvalue weighted by Gasteiger charge is -2.23. The Morgan fingerprint density at radius 1 is 1.45 bits per heavy atom. The molecule has 1 aliphatic heterocycles. The monoisotopic (exact) mass is 277 g/mol. The van der Waals surface area contributed by atoms with Gasteiger partial charge in [-0.2, -0.15) is 0 Å². The second-order valence-corrected chi connectivity index (χ2v) is 4.73. The van der Waals surface area contributed by atoms with Crippen molar-refractivity contribution in [3.05, 3.63) is 23.8 Å². The van der Waals surface area contributed by atoms with Crippen molar-refractivity contribution in [2.75, 3.05) is 31.8 Å². The van der Waals surface area contributed by atoms with E-state index in [2.05, 4.69) is 5.32 Å². The molecule has 1 saturated heterocycles. The average molecular weight is 277 g/mol. The van der Waals surface area contributed by atoms with Gasteiger partial charge in [0, 0.05) is 19.2 Å². The summed E-state index contributed by atoms with van der Waals surface area (Å²) in [4.78, 5) is 25.7. The van der Waals surface area contributed by atoms with E-state index in [1.54, 1.807) is 30.1 Å². The molecule has 6 nitrogen and oxygen atoms in total. The molecule has 1 heterocycles. The van der Waals surface area contributed by atoms with Gasteiger partial charge in [0.25, 0.3) is 5.91 Å². The van der Waals surface area contributed by atoms with E-state index < -0.39 is 6.04 Å². The number of nitrogens with zero attached hydrogens (tertiary/aromatic N) is 1. The van der Waals surface area contributed by atoms with Crippen LogP contribution in [0.5, 0.6) is 0 Å². The topological polar surface area (TPSA) is 84.7 Å². The standard InChI is InChI=1S/C14H19N3O3/c1-16-11-6-5-9(8-10(11)15)13(18)17-7-3-4-12(17)14(19)20-2/h5-6,8,12,16H,3-4,7,15H2,1-2H3. The molecular weight excluding hydrogens is 258 g/mol. The van der Waals surface area contributed by atoms with Crippen molar-refractivity contribution in [1.29, 1.82) is 0 Å². The largest absolute Gasteiger partial charge is 0.467 e. The molecule has 1 aromatic carbocycles. The van der Waals surface area contributed by atoms with Gasteiger partial charge in [0.15, 0.2) is 0 Å². The SMILES string of the molecule is CNc1ccc(C(=O)N2CCCC2C(=O)OC)cc1N. The van der Waals surface area contributed by atoms with Crippen LogP contribution in [0.3, 0.4) is 0 Å². The first-order valence-corrected chi connectivity index (χ1v) is 6.54. The van der Waals surface area contributed by atoms with Crippen LogP contribution in [0.25, 0.3) is 0 Å². The van der Waals surface area contributed by atoms with Crippen LogP contribution in [-0.2, 0) is 9.53 Å². The maximum absolute atomic E-state index is 12.5. The molecule has 0 spiro atoms. The maximum atomic E-state index is 12.5. The van der Waals surface area contributed by atoms with E-state index >= 15 is 0 Å². The quantitative estimate of drug-likeness (QED) is 0.638. The van der Waals surface area contributed by atoms with E-state index in [0.717, 1.165) is 12.1 Å². The highest BCUT2D eigenvalue weighted by atomic mass is 16.5. The van der Waals surface area contributed by atoms with Crippen molar-refractivity contribution in [3.8, 4) is 0 Å². The third-order valence-electron chi connectivity index (χ3n) is 3.55. The van der Waals surface area contributed by atoms with Gasteiger partial charge in [-0.15, -0.1) is 0 Å². The van der Waals surface area contributed by atoms with Crippen LogP contribution in [0.15, 0.2) is 18.2 Å². The number of methoxy groups -OCH3 is 1. The van der Waals surface area contributed by atoms with E-state index in [1.807, 2.05) is 0 Å². The Kier molecular flexibility index (Phi) is 4.12. The van der Waals surface area contributed by atoms with Crippen LogP contribution < -0.4 is 11.1 Å². The number of esters is 1. The number of amides is 1. The van der Waals surface area contributed by atoms with Crippen LogP contribution in [0.1, 0.15) is 23.2 Å². The lowest BCUT2D eigenvalue weighted by molar-refractivity contribution is -0.145. The molecule has 0 aliphatic carbocycles. The second-order valence-electron chi connectivity index (χ2n) is 4.73. The summed E-state index contributed by atoms with van der Waals surface area (Å²) >= 11 is 0. The molecule has 0 saturated carbocycles. The van der Waals surface area contributed by atoms with Gasteiger partial charge in [-0.05, 0) is 31.0 Å². The fourth-order valence-corrected chi connectivity index (χ4v) is 2.48. The number of benzene rings is 1. The van der Waals surface area contributed by atoms with Crippen molar-refractivity contribution in [2.45, 2.75) is 18.9 Å². The highest BCUT2D eigenvalue weighted by molar-refractivity contribution is 5.98. The van der Waals surface area contributed by atoms with Crippen molar-refractivity contribution >= 4 is 23.3 Å². The fraction of sp³-hybridized carbons (Fsp3) is 0.429. The normalized spacial score (nSPS) is 17.9. The summed E-state index contributed by atoms with van der Waals surface area (Å²) in [5.41, 5.74) is 7.63. The van der Waals surface area contributed by atoms with Gasteiger partial charge in [-0.25, -0.2) is 4.79 Å². The van der Waals surface area contributed by atoms with Crippen LogP contribution >= 0.6 is 0 Å². The first kappa shape index (κ1) is 14.2. The summed E-state index contributed by atoms with van der Waals surface area (Å²) in [6.07, 6.45) is 1.44. The molecule has 0 radical (unpaired) electrons. The molecule has 3 N–H and O–H groups in total. The minimum absolute atomic E-state index is 0.188. The fourth-order valence-electron chi connectivity index (χ4n) is 2.48. The number of anilines is 2. The number of carbonyl (C=O) groups excluding carboxylic acids is 2. The maximum Gasteiger partial charge on any atom is 0.328 e. The molecule has 1 unspecified atom stereocenters. The molecule has 0 bridgehead atoms. The molecule has 20 heavy (non-hydrogen) atoms. The van der Waals surface area contributed by atoms with Crippen molar-refractivity contribution in [3.63, 3.8) is 0 Å². The molecule has 1 amide bonds. The highest BCUT2D eigenvalue weighted by Gasteiger charge is 2.35. The van der Waals surface area contributed by atoms with Gasteiger partial charge in [0.2, 0.25) is 0 Å². The molecule has 2 rings (SSSR count). The zero-order chi connectivity index (χ0) is 14.7. The summed E-state index contributed by atoms with van der Waals surface area (Å²) in [6.45, 7) is 0.562. The Labute approximate surface area is 117 Å². The number of ether oxygens (including phenoxy) is 1. The van der Waals surface area contributed by atoms with Crippen LogP contribution in [0.4, 0.5) is 11.4 Å². The van der Waals surface area contributed by atoms with E-state index in [-0.39, 0.29) is 11.9 Å². The highest BCUT2D eigenvalue weighted by Crippen LogP contribution is 2.24. The first-order chi connectivity index (χ1) is 9.58. The van der Waals surface area contributed by atoms with Crippen LogP contribution in [-0.4, -0.2) is 43.5 Å². The van der Waals surface area contributed by atoms with E-state index in [9.17, 15) is 9.59 Å². The van der Waals surface area contributed by atoms with Crippen LogP contribution in [0.2, 0.25) is 0 Å². The van der Waals surface area contributed by atoms with Gasteiger partial charge >= 0.3 is 5.97 Å². The third kappa shape index (κ3) is 2.54. The van der Waals surface area contributed by atoms with Gasteiger partial charge in [0.05, 0.1) is 18.5 Å². The summed E-state index contributed by atoms with van der Waals surface area (Å²) in [5, 5.41) is 2.94. The number of likely N-dealkylation sites (tertiary alicyclic amines) is 1. The number of hydrogen-bond acceptors (Lipinski definition) is 5. The Morgan fingerprint density at radius 3 is 2.80 bits per heavy atom. The average Bonchev–Trinajstić information content (AvgIpc) is 2.94. The zero-order valence-electron chi connectivity index (χ0n) is 11.7. The number of carbonyl (C=O) groups is 2. The molecule has 0 aromatic heterocycles. The first-order valence-electron chi connectivity index (χ1n) is 6.54. The molecule has 1 fully saturated rings. The second kappa shape index (κ2) is 5.81. The Morgan fingerprint density at radius 2 is 2.20 bits per heavy atom. The van der Waals surface area contributed by atoms with Crippen molar-refractivity contribution in [1.82, 2.24) is 4.90 Å². The summed E-state index contributed by atoms with van der Waals surface area (Å²) in [5.74, 6) is -0.553. The zero-order valence-corrected chi connectivity index (χ0v) is 11.7. The summed E-state index contributed by atoms with van der Waals surface area (Å²) in [7, 11) is 3.10. The van der Waals surface area contributed by atoms with Gasteiger partial charge in [0.1, 0.15) is 6.04 Å². The van der Waals surface area contributed by atoms with Gasteiger partial charge in [-0.1, -0.05) is 0 Å². The van der Waals surface area contributed by atoms with E-state index in [1.165, 1.54) is 7.11 Å². The Bertz CT molecular complexity index is 530. The molecule has 1 aliphatic rings. The van der Waals surface area contributed by atoms with Crippen molar-refractivity contribution in [2.24, 2.45) is 0 Å². The number of rotatable bonds is 3. The number of hydrogen-bond donors (Lipinski definition) is 2. The Balaban J connectivity index is 2.22. The molecule has 6 heteroatoms. The van der Waals surface area contributed by atoms with Crippen molar-refractivity contribution < 1.29 is 14.3 Å². The third-order valence-corrected chi connectivity index (χ3v) is 3.55. The summed E-state index contributed by atoms with van der Waals surface area (Å²) < 4.78 is 4.74. The minimum Gasteiger partial charge on any atom is -0.467 e. The van der Waals surface area contributed by atoms with E-state index in [4.69, 9.17) is 10.5 Å². The predicted octanol–water partition coefficient (Wildman–Crippen LogP) is 1.09. The lowest BCUT2D eigenvalue weighted by Crippen LogP contribution is -2.41. The minimum atomic E-state index is -0.488. The van der Waals surface area contributed by atoms with Gasteiger partial charge in [-0.3, -0.25) is 4.79 Å². The molecular formula is C14H19N3O3. The molecule has 108 valence electrons. The predicted molar refractivity (Wildman–Crippen MR) is 76.5 cm³/mol. The van der Waals surface area contributed by atoms with Crippen LogP contribution in [0, 0.1) is 0 Å². The van der Waals surface area contributed by atoms with Gasteiger partial charge < -0.3 is 20.7 Å². The number of nitrogens with one attached hydrogen (secondary N) is 1. The van der Waals surface area contributed by atoms with E-state index in [0.29, 0.717) is 24.2 Å². The smallest absolute Gasteiger partial charge is 0.328 e. The number of nitrogen functional groups attached to an aromatic ring is 1. The Hall–Kier alpha value is -2.24. The molecule has 1 aromatic rings. The molecule has 1 atom stereocenters.